The van der Waals surface area contributed by atoms with Crippen LogP contribution >= 0.6 is 0 Å². The van der Waals surface area contributed by atoms with Crippen LogP contribution in [0.2, 0.25) is 0 Å². The second-order valence-corrected chi connectivity index (χ2v) is 9.01. The number of amides is 1. The number of piperidine rings is 1. The molecule has 0 bridgehead atoms. The van der Waals surface area contributed by atoms with Crippen LogP contribution in [-0.2, 0) is 13.1 Å². The van der Waals surface area contributed by atoms with Crippen molar-refractivity contribution in [1.29, 1.82) is 0 Å². The van der Waals surface area contributed by atoms with Crippen LogP contribution < -0.4 is 0 Å². The quantitative estimate of drug-likeness (QED) is 0.493. The SMILES string of the molecule is C/C=C(\c1ccc(CN2CCC(N3Cc4ccccc4C3=O)CC2)cc1)c1cccc(F)c1. The molecule has 1 saturated heterocycles. The monoisotopic (exact) mass is 440 g/mol. The van der Waals surface area contributed by atoms with Gasteiger partial charge in [0, 0.05) is 37.8 Å². The Balaban J connectivity index is 1.18. The van der Waals surface area contributed by atoms with Crippen LogP contribution in [0.3, 0.4) is 0 Å². The van der Waals surface area contributed by atoms with Crippen LogP contribution in [0.1, 0.15) is 52.4 Å². The molecule has 0 aliphatic carbocycles. The molecule has 2 heterocycles. The summed E-state index contributed by atoms with van der Waals surface area (Å²) in [7, 11) is 0. The van der Waals surface area contributed by atoms with Crippen molar-refractivity contribution >= 4 is 11.5 Å². The molecule has 2 aliphatic rings. The van der Waals surface area contributed by atoms with Gasteiger partial charge in [-0.1, -0.05) is 60.7 Å². The van der Waals surface area contributed by atoms with Crippen molar-refractivity contribution in [3.05, 3.63) is 113 Å². The average molecular weight is 441 g/mol. The molecule has 168 valence electrons. The molecule has 2 aliphatic heterocycles. The summed E-state index contributed by atoms with van der Waals surface area (Å²) in [4.78, 5) is 17.3. The molecule has 3 nitrogen and oxygen atoms in total. The van der Waals surface area contributed by atoms with Gasteiger partial charge in [-0.2, -0.15) is 0 Å². The highest BCUT2D eigenvalue weighted by Crippen LogP contribution is 2.29. The van der Waals surface area contributed by atoms with E-state index >= 15 is 0 Å². The Kier molecular flexibility index (Phi) is 6.10. The fraction of sp³-hybridized carbons (Fsp3) is 0.276. The van der Waals surface area contributed by atoms with Gasteiger partial charge in [-0.25, -0.2) is 4.39 Å². The van der Waals surface area contributed by atoms with Gasteiger partial charge >= 0.3 is 0 Å². The lowest BCUT2D eigenvalue weighted by Gasteiger charge is -2.36. The van der Waals surface area contributed by atoms with Gasteiger partial charge < -0.3 is 4.90 Å². The third-order valence-corrected chi connectivity index (χ3v) is 6.94. The molecule has 0 N–H and O–H groups in total. The maximum Gasteiger partial charge on any atom is 0.254 e. The van der Waals surface area contributed by atoms with E-state index in [0.29, 0.717) is 6.04 Å². The molecule has 1 amide bonds. The Morgan fingerprint density at radius 2 is 1.73 bits per heavy atom. The van der Waals surface area contributed by atoms with Gasteiger partial charge in [0.2, 0.25) is 0 Å². The summed E-state index contributed by atoms with van der Waals surface area (Å²) in [5.74, 6) is -0.0240. The lowest BCUT2D eigenvalue weighted by atomic mass is 9.96. The number of rotatable bonds is 5. The van der Waals surface area contributed by atoms with E-state index in [0.717, 1.165) is 66.8 Å². The first-order valence-electron chi connectivity index (χ1n) is 11.7. The number of fused-ring (bicyclic) bond motifs is 1. The Morgan fingerprint density at radius 1 is 0.970 bits per heavy atom. The van der Waals surface area contributed by atoms with E-state index in [4.69, 9.17) is 0 Å². The van der Waals surface area contributed by atoms with Crippen molar-refractivity contribution in [3.8, 4) is 0 Å². The largest absolute Gasteiger partial charge is 0.331 e. The van der Waals surface area contributed by atoms with Crippen LogP contribution in [0.5, 0.6) is 0 Å². The fourth-order valence-corrected chi connectivity index (χ4v) is 5.16. The number of nitrogens with zero attached hydrogens (tertiary/aromatic N) is 2. The maximum absolute atomic E-state index is 13.7. The number of benzene rings is 3. The lowest BCUT2D eigenvalue weighted by Crippen LogP contribution is -2.44. The molecule has 5 rings (SSSR count). The smallest absolute Gasteiger partial charge is 0.254 e. The summed E-state index contributed by atoms with van der Waals surface area (Å²) in [6, 6.07) is 23.7. The minimum Gasteiger partial charge on any atom is -0.331 e. The molecule has 3 aromatic rings. The Morgan fingerprint density at radius 3 is 2.42 bits per heavy atom. The highest BCUT2D eigenvalue weighted by atomic mass is 19.1. The first kappa shape index (κ1) is 21.6. The predicted molar refractivity (Wildman–Crippen MR) is 130 cm³/mol. The predicted octanol–water partition coefficient (Wildman–Crippen LogP) is 5.90. The number of carbonyl (C=O) groups excluding carboxylic acids is 1. The zero-order valence-electron chi connectivity index (χ0n) is 19.0. The minimum atomic E-state index is -0.216. The summed E-state index contributed by atoms with van der Waals surface area (Å²) >= 11 is 0. The van der Waals surface area contributed by atoms with Gasteiger partial charge in [0.25, 0.3) is 5.91 Å². The number of allylic oxidation sites excluding steroid dienone is 1. The van der Waals surface area contributed by atoms with E-state index in [1.807, 2.05) is 37.3 Å². The molecule has 0 unspecified atom stereocenters. The molecule has 3 aromatic carbocycles. The fourth-order valence-electron chi connectivity index (χ4n) is 5.16. The van der Waals surface area contributed by atoms with Crippen LogP contribution in [0.25, 0.3) is 5.57 Å². The molecule has 33 heavy (non-hydrogen) atoms. The minimum absolute atomic E-state index is 0.192. The van der Waals surface area contributed by atoms with Gasteiger partial charge in [-0.15, -0.1) is 0 Å². The normalized spacial score (nSPS) is 17.5. The zero-order valence-corrected chi connectivity index (χ0v) is 19.0. The van der Waals surface area contributed by atoms with Crippen LogP contribution in [0.15, 0.2) is 78.9 Å². The summed E-state index contributed by atoms with van der Waals surface area (Å²) in [6.45, 7) is 5.64. The van der Waals surface area contributed by atoms with Crippen LogP contribution in [0, 0.1) is 5.82 Å². The molecule has 0 radical (unpaired) electrons. The number of likely N-dealkylation sites (tertiary alicyclic amines) is 1. The molecule has 0 saturated carbocycles. The summed E-state index contributed by atoms with van der Waals surface area (Å²) in [6.07, 6.45) is 4.06. The number of hydrogen-bond donors (Lipinski definition) is 0. The van der Waals surface area contributed by atoms with E-state index in [9.17, 15) is 9.18 Å². The maximum atomic E-state index is 13.7. The molecular formula is C29H29FN2O. The van der Waals surface area contributed by atoms with Crippen molar-refractivity contribution in [2.45, 2.75) is 38.9 Å². The van der Waals surface area contributed by atoms with E-state index in [1.54, 1.807) is 12.1 Å². The Hall–Kier alpha value is -3.24. The second-order valence-electron chi connectivity index (χ2n) is 9.01. The van der Waals surface area contributed by atoms with Crippen LogP contribution in [0.4, 0.5) is 4.39 Å². The van der Waals surface area contributed by atoms with E-state index < -0.39 is 0 Å². The number of carbonyl (C=O) groups is 1. The van der Waals surface area contributed by atoms with Crippen molar-refractivity contribution < 1.29 is 9.18 Å². The van der Waals surface area contributed by atoms with Crippen LogP contribution in [-0.4, -0.2) is 34.8 Å². The van der Waals surface area contributed by atoms with Crippen molar-refractivity contribution in [3.63, 3.8) is 0 Å². The van der Waals surface area contributed by atoms with Gasteiger partial charge in [0.15, 0.2) is 0 Å². The topological polar surface area (TPSA) is 23.6 Å². The Labute approximate surface area is 195 Å². The van der Waals surface area contributed by atoms with E-state index in [-0.39, 0.29) is 11.7 Å². The van der Waals surface area contributed by atoms with E-state index in [2.05, 4.69) is 40.1 Å². The molecule has 1 fully saturated rings. The third kappa shape index (κ3) is 4.49. The summed E-state index contributed by atoms with van der Waals surface area (Å²) in [5, 5.41) is 0. The summed E-state index contributed by atoms with van der Waals surface area (Å²) < 4.78 is 13.7. The third-order valence-electron chi connectivity index (χ3n) is 6.94. The molecule has 4 heteroatoms. The molecule has 0 aromatic heterocycles. The van der Waals surface area contributed by atoms with Gasteiger partial charge in [-0.3, -0.25) is 9.69 Å². The Bertz CT molecular complexity index is 1180. The zero-order chi connectivity index (χ0) is 22.8. The first-order valence-corrected chi connectivity index (χ1v) is 11.7. The molecule has 0 atom stereocenters. The molecular weight excluding hydrogens is 411 g/mol. The first-order chi connectivity index (χ1) is 16.1. The van der Waals surface area contributed by atoms with Crippen molar-refractivity contribution in [1.82, 2.24) is 9.80 Å². The molecule has 0 spiro atoms. The van der Waals surface area contributed by atoms with Crippen molar-refractivity contribution in [2.24, 2.45) is 0 Å². The highest BCUT2D eigenvalue weighted by Gasteiger charge is 2.34. The average Bonchev–Trinajstić information content (AvgIpc) is 3.18. The second kappa shape index (κ2) is 9.32. The number of halogens is 1. The van der Waals surface area contributed by atoms with Gasteiger partial charge in [0.05, 0.1) is 0 Å². The van der Waals surface area contributed by atoms with Crippen molar-refractivity contribution in [2.75, 3.05) is 13.1 Å². The summed E-state index contributed by atoms with van der Waals surface area (Å²) in [5.41, 5.74) is 6.33. The number of hydrogen-bond acceptors (Lipinski definition) is 2. The standard InChI is InChI=1S/C29H29FN2O/c1-2-27(23-7-5-8-25(30)18-23)22-12-10-21(11-13-22)19-31-16-14-26(15-17-31)32-20-24-6-3-4-9-28(24)29(32)33/h2-13,18,26H,14-17,19-20H2,1H3/b27-2+. The van der Waals surface area contributed by atoms with Gasteiger partial charge in [0.1, 0.15) is 5.82 Å². The lowest BCUT2D eigenvalue weighted by molar-refractivity contribution is 0.0590. The van der Waals surface area contributed by atoms with E-state index in [1.165, 1.54) is 11.6 Å². The van der Waals surface area contributed by atoms with Gasteiger partial charge in [-0.05, 0) is 65.8 Å². The highest BCUT2D eigenvalue weighted by molar-refractivity contribution is 5.98.